The van der Waals surface area contributed by atoms with E-state index in [-0.39, 0.29) is 5.89 Å². The Kier molecular flexibility index (Phi) is 4.37. The zero-order chi connectivity index (χ0) is 19.0. The number of hydrogen-bond donors (Lipinski definition) is 1. The van der Waals surface area contributed by atoms with Crippen LogP contribution in [0.1, 0.15) is 25.3 Å². The van der Waals surface area contributed by atoms with Gasteiger partial charge in [0.05, 0.1) is 10.7 Å². The summed E-state index contributed by atoms with van der Waals surface area (Å²) in [7, 11) is 0. The SMILES string of the molecule is CC(C)c1ccc(-n2nnc(-c3nc(-c4ccccc4Cl)no3)c2N)cc1. The highest BCUT2D eigenvalue weighted by atomic mass is 35.5. The number of rotatable bonds is 4. The monoisotopic (exact) mass is 380 g/mol. The van der Waals surface area contributed by atoms with Gasteiger partial charge < -0.3 is 10.3 Å². The topological polar surface area (TPSA) is 95.6 Å². The Bertz CT molecular complexity index is 1080. The van der Waals surface area contributed by atoms with E-state index in [0.717, 1.165) is 5.69 Å². The fourth-order valence-electron chi connectivity index (χ4n) is 2.70. The van der Waals surface area contributed by atoms with Crippen molar-refractivity contribution in [1.82, 2.24) is 25.1 Å². The summed E-state index contributed by atoms with van der Waals surface area (Å²) in [4.78, 5) is 4.36. The van der Waals surface area contributed by atoms with E-state index in [4.69, 9.17) is 21.9 Å². The summed E-state index contributed by atoms with van der Waals surface area (Å²) >= 11 is 6.19. The largest absolute Gasteiger partial charge is 0.382 e. The average Bonchev–Trinajstić information content (AvgIpc) is 3.29. The van der Waals surface area contributed by atoms with Gasteiger partial charge in [-0.1, -0.05) is 60.1 Å². The van der Waals surface area contributed by atoms with Crippen molar-refractivity contribution in [3.05, 3.63) is 59.1 Å². The summed E-state index contributed by atoms with van der Waals surface area (Å²) in [6, 6.07) is 15.3. The fraction of sp³-hybridized carbons (Fsp3) is 0.158. The molecule has 0 fully saturated rings. The standard InChI is InChI=1S/C19H17ClN6O/c1-11(2)12-7-9-13(10-8-12)26-17(21)16(23-25-26)19-22-18(24-27-19)14-5-3-4-6-15(14)20/h3-11H,21H2,1-2H3. The zero-order valence-electron chi connectivity index (χ0n) is 14.8. The molecule has 2 N–H and O–H groups in total. The van der Waals surface area contributed by atoms with Crippen LogP contribution in [-0.4, -0.2) is 25.1 Å². The summed E-state index contributed by atoms with van der Waals surface area (Å²) in [6.45, 7) is 4.28. The summed E-state index contributed by atoms with van der Waals surface area (Å²) in [5.74, 6) is 1.32. The number of hydrogen-bond acceptors (Lipinski definition) is 6. The van der Waals surface area contributed by atoms with Crippen molar-refractivity contribution >= 4 is 17.4 Å². The first kappa shape index (κ1) is 17.2. The van der Waals surface area contributed by atoms with Crippen LogP contribution in [-0.2, 0) is 0 Å². The zero-order valence-corrected chi connectivity index (χ0v) is 15.6. The lowest BCUT2D eigenvalue weighted by atomic mass is 10.0. The molecule has 2 aromatic carbocycles. The van der Waals surface area contributed by atoms with Crippen molar-refractivity contribution in [2.45, 2.75) is 19.8 Å². The molecular formula is C19H17ClN6O. The second-order valence-electron chi connectivity index (χ2n) is 6.38. The van der Waals surface area contributed by atoms with Gasteiger partial charge in [0, 0.05) is 5.56 Å². The van der Waals surface area contributed by atoms with Gasteiger partial charge in [-0.15, -0.1) is 5.10 Å². The van der Waals surface area contributed by atoms with E-state index in [9.17, 15) is 0 Å². The first-order valence-corrected chi connectivity index (χ1v) is 8.83. The molecule has 0 atom stereocenters. The minimum Gasteiger partial charge on any atom is -0.382 e. The van der Waals surface area contributed by atoms with Gasteiger partial charge in [0.25, 0.3) is 5.89 Å². The van der Waals surface area contributed by atoms with Gasteiger partial charge in [0.1, 0.15) is 0 Å². The molecule has 0 aliphatic rings. The van der Waals surface area contributed by atoms with E-state index >= 15 is 0 Å². The number of anilines is 1. The highest BCUT2D eigenvalue weighted by molar-refractivity contribution is 6.33. The lowest BCUT2D eigenvalue weighted by Crippen LogP contribution is -2.02. The van der Waals surface area contributed by atoms with Crippen molar-refractivity contribution < 1.29 is 4.52 Å². The molecule has 4 aromatic rings. The maximum absolute atomic E-state index is 6.23. The van der Waals surface area contributed by atoms with E-state index in [1.807, 2.05) is 42.5 Å². The predicted molar refractivity (Wildman–Crippen MR) is 104 cm³/mol. The van der Waals surface area contributed by atoms with Crippen molar-refractivity contribution in [2.75, 3.05) is 5.73 Å². The fourth-order valence-corrected chi connectivity index (χ4v) is 2.92. The second-order valence-corrected chi connectivity index (χ2v) is 6.79. The molecule has 0 aliphatic carbocycles. The molecule has 7 nitrogen and oxygen atoms in total. The lowest BCUT2D eigenvalue weighted by Gasteiger charge is -2.07. The van der Waals surface area contributed by atoms with Gasteiger partial charge in [-0.25, -0.2) is 0 Å². The Morgan fingerprint density at radius 3 is 2.52 bits per heavy atom. The van der Waals surface area contributed by atoms with Crippen molar-refractivity contribution in [3.63, 3.8) is 0 Å². The molecule has 27 heavy (non-hydrogen) atoms. The highest BCUT2D eigenvalue weighted by Crippen LogP contribution is 2.29. The molecule has 0 unspecified atom stereocenters. The van der Waals surface area contributed by atoms with Crippen LogP contribution in [0.5, 0.6) is 0 Å². The van der Waals surface area contributed by atoms with E-state index in [2.05, 4.69) is 34.3 Å². The van der Waals surface area contributed by atoms with Gasteiger partial charge in [0.2, 0.25) is 5.82 Å². The quantitative estimate of drug-likeness (QED) is 0.565. The van der Waals surface area contributed by atoms with Crippen LogP contribution in [0.3, 0.4) is 0 Å². The van der Waals surface area contributed by atoms with Gasteiger partial charge in [-0.3, -0.25) is 0 Å². The van der Waals surface area contributed by atoms with Crippen LogP contribution in [0.25, 0.3) is 28.7 Å². The molecule has 0 saturated heterocycles. The summed E-state index contributed by atoms with van der Waals surface area (Å²) in [5.41, 5.74) is 9.27. The number of nitrogen functional groups attached to an aromatic ring is 1. The molecule has 0 radical (unpaired) electrons. The summed E-state index contributed by atoms with van der Waals surface area (Å²) in [6.07, 6.45) is 0. The van der Waals surface area contributed by atoms with Gasteiger partial charge in [0.15, 0.2) is 11.5 Å². The molecule has 0 saturated carbocycles. The molecule has 0 bridgehead atoms. The average molecular weight is 381 g/mol. The smallest absolute Gasteiger partial charge is 0.282 e. The van der Waals surface area contributed by atoms with E-state index in [1.54, 1.807) is 10.7 Å². The Morgan fingerprint density at radius 2 is 1.81 bits per heavy atom. The molecule has 8 heteroatoms. The van der Waals surface area contributed by atoms with Gasteiger partial charge in [-0.2, -0.15) is 9.67 Å². The third-order valence-corrected chi connectivity index (χ3v) is 4.58. The molecule has 0 spiro atoms. The molecule has 0 aliphatic heterocycles. The van der Waals surface area contributed by atoms with Crippen molar-refractivity contribution in [2.24, 2.45) is 0 Å². The number of halogens is 1. The van der Waals surface area contributed by atoms with Crippen LogP contribution in [0.15, 0.2) is 53.1 Å². The van der Waals surface area contributed by atoms with Gasteiger partial charge >= 0.3 is 0 Å². The maximum Gasteiger partial charge on any atom is 0.282 e. The Labute approximate surface area is 160 Å². The molecule has 0 amide bonds. The predicted octanol–water partition coefficient (Wildman–Crippen LogP) is 4.34. The Balaban J connectivity index is 1.68. The first-order chi connectivity index (χ1) is 13.0. The van der Waals surface area contributed by atoms with Crippen LogP contribution < -0.4 is 5.73 Å². The van der Waals surface area contributed by atoms with E-state index in [1.165, 1.54) is 5.56 Å². The highest BCUT2D eigenvalue weighted by Gasteiger charge is 2.20. The number of aromatic nitrogens is 5. The first-order valence-electron chi connectivity index (χ1n) is 8.45. The van der Waals surface area contributed by atoms with E-state index in [0.29, 0.717) is 33.8 Å². The van der Waals surface area contributed by atoms with Crippen LogP contribution in [0, 0.1) is 0 Å². The third-order valence-electron chi connectivity index (χ3n) is 4.25. The van der Waals surface area contributed by atoms with Gasteiger partial charge in [-0.05, 0) is 35.7 Å². The Hall–Kier alpha value is -3.19. The van der Waals surface area contributed by atoms with Crippen LogP contribution in [0.2, 0.25) is 5.02 Å². The number of nitrogens with two attached hydrogens (primary N) is 1. The molecule has 2 heterocycles. The van der Waals surface area contributed by atoms with E-state index < -0.39 is 0 Å². The molecule has 2 aromatic heterocycles. The lowest BCUT2D eigenvalue weighted by molar-refractivity contribution is 0.431. The minimum atomic E-state index is 0.187. The Morgan fingerprint density at radius 1 is 1.07 bits per heavy atom. The van der Waals surface area contributed by atoms with Crippen molar-refractivity contribution in [3.8, 4) is 28.7 Å². The van der Waals surface area contributed by atoms with Crippen LogP contribution in [0.4, 0.5) is 5.82 Å². The van der Waals surface area contributed by atoms with Crippen molar-refractivity contribution in [1.29, 1.82) is 0 Å². The minimum absolute atomic E-state index is 0.187. The third kappa shape index (κ3) is 3.17. The second kappa shape index (κ2) is 6.85. The normalized spacial score (nSPS) is 11.3. The summed E-state index contributed by atoms with van der Waals surface area (Å²) < 4.78 is 6.87. The maximum atomic E-state index is 6.23. The molecule has 136 valence electrons. The molecule has 4 rings (SSSR count). The van der Waals surface area contributed by atoms with Crippen LogP contribution >= 0.6 is 11.6 Å². The summed E-state index contributed by atoms with van der Waals surface area (Å²) in [5, 5.41) is 12.7. The number of benzene rings is 2. The molecular weight excluding hydrogens is 364 g/mol. The number of nitrogens with zero attached hydrogens (tertiary/aromatic N) is 5.